The highest BCUT2D eigenvalue weighted by Gasteiger charge is 2.16. The van der Waals surface area contributed by atoms with E-state index in [1.165, 1.54) is 11.9 Å². The lowest BCUT2D eigenvalue weighted by atomic mass is 10.1. The first kappa shape index (κ1) is 20.1. The fourth-order valence-corrected chi connectivity index (χ4v) is 3.70. The first-order chi connectivity index (χ1) is 14.5. The highest BCUT2D eigenvalue weighted by molar-refractivity contribution is 7.71. The summed E-state index contributed by atoms with van der Waals surface area (Å²) in [5.74, 6) is 0. The van der Waals surface area contributed by atoms with Gasteiger partial charge in [-0.2, -0.15) is 9.78 Å². The maximum atomic E-state index is 5.67. The van der Waals surface area contributed by atoms with Gasteiger partial charge in [0.25, 0.3) is 0 Å². The second-order valence-corrected chi connectivity index (χ2v) is 7.78. The summed E-state index contributed by atoms with van der Waals surface area (Å²) in [6, 6.07) is 14.6. The van der Waals surface area contributed by atoms with Gasteiger partial charge < -0.3 is 0 Å². The van der Waals surface area contributed by atoms with Crippen LogP contribution in [0.3, 0.4) is 0 Å². The molecule has 9 heteroatoms. The topological polar surface area (TPSA) is 69.6 Å². The van der Waals surface area contributed by atoms with E-state index >= 15 is 0 Å². The van der Waals surface area contributed by atoms with Gasteiger partial charge in [0, 0.05) is 6.04 Å². The molecule has 2 heterocycles. The van der Waals surface area contributed by atoms with Gasteiger partial charge in [-0.25, -0.2) is 14.3 Å². The first-order valence-electron chi connectivity index (χ1n) is 9.70. The van der Waals surface area contributed by atoms with Crippen LogP contribution in [0.5, 0.6) is 0 Å². The van der Waals surface area contributed by atoms with Crippen molar-refractivity contribution in [1.29, 1.82) is 0 Å². The van der Waals surface area contributed by atoms with Crippen LogP contribution >= 0.6 is 12.2 Å². The van der Waals surface area contributed by atoms with Crippen LogP contribution in [0.15, 0.2) is 55.1 Å². The predicted molar refractivity (Wildman–Crippen MR) is 117 cm³/mol. The van der Waals surface area contributed by atoms with Gasteiger partial charge in [0.15, 0.2) is 0 Å². The van der Waals surface area contributed by atoms with E-state index < -0.39 is 0 Å². The number of tetrazole rings is 1. The number of para-hydroxylation sites is 1. The van der Waals surface area contributed by atoms with E-state index in [2.05, 4.69) is 77.5 Å². The molecule has 1 atom stereocenters. The van der Waals surface area contributed by atoms with E-state index in [0.29, 0.717) is 11.4 Å². The number of aromatic nitrogens is 7. The third-order valence-corrected chi connectivity index (χ3v) is 5.75. The summed E-state index contributed by atoms with van der Waals surface area (Å²) in [6.45, 7) is 6.81. The average Bonchev–Trinajstić information content (AvgIpc) is 3.39. The summed E-state index contributed by atoms with van der Waals surface area (Å²) < 4.78 is 5.81. The lowest BCUT2D eigenvalue weighted by molar-refractivity contribution is 0.193. The molecule has 154 valence electrons. The van der Waals surface area contributed by atoms with Crippen molar-refractivity contribution in [3.8, 4) is 11.4 Å². The highest BCUT2D eigenvalue weighted by atomic mass is 32.1. The number of rotatable bonds is 6. The molecule has 4 aromatic rings. The number of hydrogen-bond donors (Lipinski definition) is 0. The molecule has 8 nitrogen and oxygen atoms in total. The van der Waals surface area contributed by atoms with Crippen molar-refractivity contribution in [2.75, 3.05) is 7.05 Å². The van der Waals surface area contributed by atoms with Gasteiger partial charge in [-0.05, 0) is 79.3 Å². The van der Waals surface area contributed by atoms with Crippen LogP contribution < -0.4 is 0 Å². The third kappa shape index (κ3) is 3.81. The van der Waals surface area contributed by atoms with Crippen molar-refractivity contribution >= 4 is 12.2 Å². The molecule has 0 radical (unpaired) electrons. The average molecular weight is 421 g/mol. The molecule has 0 aliphatic carbocycles. The van der Waals surface area contributed by atoms with Crippen molar-refractivity contribution in [1.82, 2.24) is 39.5 Å². The Morgan fingerprint density at radius 3 is 2.37 bits per heavy atom. The van der Waals surface area contributed by atoms with Crippen LogP contribution in [0.4, 0.5) is 0 Å². The lowest BCUT2D eigenvalue weighted by Crippen LogP contribution is -2.26. The van der Waals surface area contributed by atoms with Crippen LogP contribution in [0.1, 0.15) is 29.7 Å². The Morgan fingerprint density at radius 2 is 1.73 bits per heavy atom. The molecule has 0 fully saturated rings. The minimum absolute atomic E-state index is 0.169. The molecular weight excluding hydrogens is 396 g/mol. The van der Waals surface area contributed by atoms with Gasteiger partial charge in [-0.15, -0.1) is 0 Å². The van der Waals surface area contributed by atoms with Crippen molar-refractivity contribution in [2.24, 2.45) is 0 Å². The van der Waals surface area contributed by atoms with Gasteiger partial charge in [0.1, 0.15) is 12.7 Å². The van der Waals surface area contributed by atoms with Crippen molar-refractivity contribution < 1.29 is 0 Å². The van der Waals surface area contributed by atoms with Crippen molar-refractivity contribution in [2.45, 2.75) is 33.5 Å². The normalized spacial score (nSPS) is 12.4. The first-order valence-corrected chi connectivity index (χ1v) is 10.1. The maximum Gasteiger partial charge on any atom is 0.221 e. The Bertz CT molecular complexity index is 1170. The second kappa shape index (κ2) is 8.29. The number of nitrogens with zero attached hydrogens (tertiary/aromatic N) is 8. The Hall–Kier alpha value is -3.17. The SMILES string of the molecule is Cc1cccc(C)c1-n1nnn(CN(C)[C@@H](C)c2ccc(-n3cncn3)cc2)c1=S. The molecule has 0 spiro atoms. The molecule has 2 aromatic heterocycles. The largest absolute Gasteiger partial charge is 0.281 e. The van der Waals surface area contributed by atoms with Gasteiger partial charge in [-0.1, -0.05) is 30.3 Å². The minimum Gasteiger partial charge on any atom is -0.281 e. The fourth-order valence-electron chi connectivity index (χ4n) is 3.48. The van der Waals surface area contributed by atoms with Crippen LogP contribution in [0.2, 0.25) is 0 Å². The molecule has 0 saturated carbocycles. The predicted octanol–water partition coefficient (Wildman–Crippen LogP) is 3.65. The quantitative estimate of drug-likeness (QED) is 0.444. The molecule has 0 aliphatic rings. The summed E-state index contributed by atoms with van der Waals surface area (Å²) in [7, 11) is 2.05. The van der Waals surface area contributed by atoms with E-state index in [9.17, 15) is 0 Å². The molecule has 30 heavy (non-hydrogen) atoms. The molecule has 0 N–H and O–H groups in total. The molecule has 0 saturated heterocycles. The summed E-state index contributed by atoms with van der Waals surface area (Å²) in [5.41, 5.74) is 5.40. The summed E-state index contributed by atoms with van der Waals surface area (Å²) in [6.07, 6.45) is 3.21. The van der Waals surface area contributed by atoms with E-state index in [4.69, 9.17) is 12.2 Å². The van der Waals surface area contributed by atoms with E-state index in [-0.39, 0.29) is 6.04 Å². The number of hydrogen-bond acceptors (Lipinski definition) is 6. The van der Waals surface area contributed by atoms with Crippen LogP contribution in [0, 0.1) is 18.6 Å². The Balaban J connectivity index is 1.52. The lowest BCUT2D eigenvalue weighted by Gasteiger charge is -2.24. The second-order valence-electron chi connectivity index (χ2n) is 7.42. The molecule has 4 rings (SSSR count). The molecular formula is C21H24N8S. The number of benzene rings is 2. The van der Waals surface area contributed by atoms with Gasteiger partial charge in [0.05, 0.1) is 18.0 Å². The Kier molecular flexibility index (Phi) is 5.56. The molecule has 2 aromatic carbocycles. The zero-order chi connectivity index (χ0) is 21.3. The van der Waals surface area contributed by atoms with Crippen LogP contribution in [-0.4, -0.2) is 46.5 Å². The summed E-state index contributed by atoms with van der Waals surface area (Å²) >= 11 is 5.67. The third-order valence-electron chi connectivity index (χ3n) is 5.37. The molecule has 0 unspecified atom stereocenters. The zero-order valence-electron chi connectivity index (χ0n) is 17.5. The minimum atomic E-state index is 0.169. The summed E-state index contributed by atoms with van der Waals surface area (Å²) in [4.78, 5) is 6.17. The van der Waals surface area contributed by atoms with Crippen molar-refractivity contribution in [3.63, 3.8) is 0 Å². The fraction of sp³-hybridized carbons (Fsp3) is 0.286. The Labute approximate surface area is 180 Å². The number of aryl methyl sites for hydroxylation is 2. The zero-order valence-corrected chi connectivity index (χ0v) is 18.3. The molecule has 0 amide bonds. The highest BCUT2D eigenvalue weighted by Crippen LogP contribution is 2.22. The molecule has 0 bridgehead atoms. The Morgan fingerprint density at radius 1 is 1.03 bits per heavy atom. The summed E-state index contributed by atoms with van der Waals surface area (Å²) in [5, 5.41) is 12.8. The maximum absolute atomic E-state index is 5.67. The van der Waals surface area contributed by atoms with Gasteiger partial charge in [0.2, 0.25) is 4.77 Å². The van der Waals surface area contributed by atoms with Crippen molar-refractivity contribution in [3.05, 3.63) is 76.6 Å². The smallest absolute Gasteiger partial charge is 0.221 e. The van der Waals surface area contributed by atoms with E-state index in [1.54, 1.807) is 20.4 Å². The van der Waals surface area contributed by atoms with E-state index in [1.807, 2.05) is 18.2 Å². The monoisotopic (exact) mass is 420 g/mol. The standard InChI is InChI=1S/C21H24N8S/c1-15-6-5-7-16(2)20(15)29-21(30)28(24-25-29)14-26(4)17(3)18-8-10-19(11-9-18)27-13-22-12-23-27/h5-13,17H,14H2,1-4H3/t17-/m0/s1. The molecule has 0 aliphatic heterocycles. The van der Waals surface area contributed by atoms with Crippen LogP contribution in [-0.2, 0) is 6.67 Å². The van der Waals surface area contributed by atoms with Crippen LogP contribution in [0.25, 0.3) is 11.4 Å². The van der Waals surface area contributed by atoms with Gasteiger partial charge >= 0.3 is 0 Å². The van der Waals surface area contributed by atoms with E-state index in [0.717, 1.165) is 22.5 Å². The van der Waals surface area contributed by atoms with Gasteiger partial charge in [-0.3, -0.25) is 4.90 Å².